The number of hydrogen-bond donors (Lipinski definition) is 1. The average Bonchev–Trinajstić information content (AvgIpc) is 2.50. The number of rotatable bonds is 6. The van der Waals surface area contributed by atoms with E-state index < -0.39 is 0 Å². The van der Waals surface area contributed by atoms with Gasteiger partial charge in [0.15, 0.2) is 0 Å². The standard InChI is InChI=1S/C16H17ClFNO2/c1-20-14-5-3-11(16(8-14)21-2)9-19-10-12-7-13(18)4-6-15(12)17/h3-8,19H,9-10H2,1-2H3. The molecule has 0 saturated heterocycles. The summed E-state index contributed by atoms with van der Waals surface area (Å²) in [5, 5.41) is 3.77. The van der Waals surface area contributed by atoms with Crippen molar-refractivity contribution < 1.29 is 13.9 Å². The third-order valence-electron chi connectivity index (χ3n) is 3.13. The molecular weight excluding hydrogens is 293 g/mol. The Morgan fingerprint density at radius 2 is 1.76 bits per heavy atom. The predicted octanol–water partition coefficient (Wildman–Crippen LogP) is 3.79. The van der Waals surface area contributed by atoms with Crippen molar-refractivity contribution in [2.24, 2.45) is 0 Å². The Balaban J connectivity index is 2.01. The summed E-state index contributed by atoms with van der Waals surface area (Å²) in [6.07, 6.45) is 0. The van der Waals surface area contributed by atoms with Crippen molar-refractivity contribution >= 4 is 11.6 Å². The van der Waals surface area contributed by atoms with Gasteiger partial charge in [0.1, 0.15) is 17.3 Å². The quantitative estimate of drug-likeness (QED) is 0.880. The zero-order valence-corrected chi connectivity index (χ0v) is 12.7. The fraction of sp³-hybridized carbons (Fsp3) is 0.250. The van der Waals surface area contributed by atoms with Gasteiger partial charge in [0.2, 0.25) is 0 Å². The SMILES string of the molecule is COc1ccc(CNCc2cc(F)ccc2Cl)c(OC)c1. The minimum atomic E-state index is -0.293. The molecule has 0 atom stereocenters. The highest BCUT2D eigenvalue weighted by Gasteiger charge is 2.06. The van der Waals surface area contributed by atoms with Crippen molar-refractivity contribution in [3.63, 3.8) is 0 Å². The molecule has 3 nitrogen and oxygen atoms in total. The third-order valence-corrected chi connectivity index (χ3v) is 3.50. The molecule has 5 heteroatoms. The van der Waals surface area contributed by atoms with Gasteiger partial charge in [-0.2, -0.15) is 0 Å². The van der Waals surface area contributed by atoms with Crippen LogP contribution >= 0.6 is 11.6 Å². The molecule has 0 saturated carbocycles. The molecular formula is C16H17ClFNO2. The summed E-state index contributed by atoms with van der Waals surface area (Å²) in [5.74, 6) is 1.19. The minimum absolute atomic E-state index is 0.293. The fourth-order valence-corrected chi connectivity index (χ4v) is 2.19. The number of halogens is 2. The zero-order valence-electron chi connectivity index (χ0n) is 12.0. The van der Waals surface area contributed by atoms with Crippen molar-refractivity contribution in [3.8, 4) is 11.5 Å². The lowest BCUT2D eigenvalue weighted by atomic mass is 10.1. The smallest absolute Gasteiger partial charge is 0.127 e. The first-order valence-electron chi connectivity index (χ1n) is 6.49. The Hall–Kier alpha value is -1.78. The van der Waals surface area contributed by atoms with Crippen molar-refractivity contribution in [2.75, 3.05) is 14.2 Å². The van der Waals surface area contributed by atoms with E-state index in [0.29, 0.717) is 18.1 Å². The maximum absolute atomic E-state index is 13.2. The molecule has 2 rings (SSSR count). The molecule has 0 heterocycles. The second-order valence-electron chi connectivity index (χ2n) is 4.52. The maximum atomic E-state index is 13.2. The first kappa shape index (κ1) is 15.6. The highest BCUT2D eigenvalue weighted by molar-refractivity contribution is 6.31. The highest BCUT2D eigenvalue weighted by atomic mass is 35.5. The summed E-state index contributed by atoms with van der Waals surface area (Å²) >= 11 is 6.03. The molecule has 0 radical (unpaired) electrons. The lowest BCUT2D eigenvalue weighted by molar-refractivity contribution is 0.390. The second kappa shape index (κ2) is 7.29. The van der Waals surface area contributed by atoms with Crippen LogP contribution < -0.4 is 14.8 Å². The summed E-state index contributed by atoms with van der Waals surface area (Å²) in [4.78, 5) is 0. The van der Waals surface area contributed by atoms with Crippen LogP contribution in [-0.2, 0) is 13.1 Å². The fourth-order valence-electron chi connectivity index (χ4n) is 2.01. The summed E-state index contributed by atoms with van der Waals surface area (Å²) in [5.41, 5.74) is 1.72. The lowest BCUT2D eigenvalue weighted by Gasteiger charge is -2.12. The van der Waals surface area contributed by atoms with E-state index in [0.717, 1.165) is 22.6 Å². The lowest BCUT2D eigenvalue weighted by Crippen LogP contribution is -2.14. The summed E-state index contributed by atoms with van der Waals surface area (Å²) in [7, 11) is 3.22. The Bertz CT molecular complexity index is 619. The molecule has 0 aliphatic heterocycles. The molecule has 0 fully saturated rings. The van der Waals surface area contributed by atoms with Crippen LogP contribution in [0.1, 0.15) is 11.1 Å². The van der Waals surface area contributed by atoms with Crippen molar-refractivity contribution in [3.05, 3.63) is 58.4 Å². The Kier molecular flexibility index (Phi) is 5.42. The number of ether oxygens (including phenoxy) is 2. The third kappa shape index (κ3) is 4.09. The largest absolute Gasteiger partial charge is 0.497 e. The van der Waals surface area contributed by atoms with Gasteiger partial charge in [-0.3, -0.25) is 0 Å². The molecule has 112 valence electrons. The van der Waals surface area contributed by atoms with Crippen LogP contribution in [0.25, 0.3) is 0 Å². The first-order valence-corrected chi connectivity index (χ1v) is 6.87. The van der Waals surface area contributed by atoms with E-state index in [4.69, 9.17) is 21.1 Å². The Morgan fingerprint density at radius 1 is 1.00 bits per heavy atom. The molecule has 0 aromatic heterocycles. The summed E-state index contributed by atoms with van der Waals surface area (Å²) in [6, 6.07) is 9.96. The van der Waals surface area contributed by atoms with Crippen molar-refractivity contribution in [1.29, 1.82) is 0 Å². The van der Waals surface area contributed by atoms with Crippen LogP contribution in [0.15, 0.2) is 36.4 Å². The number of nitrogens with one attached hydrogen (secondary N) is 1. The maximum Gasteiger partial charge on any atom is 0.127 e. The molecule has 2 aromatic carbocycles. The first-order chi connectivity index (χ1) is 10.1. The van der Waals surface area contributed by atoms with E-state index in [9.17, 15) is 4.39 Å². The van der Waals surface area contributed by atoms with Crippen molar-refractivity contribution in [1.82, 2.24) is 5.32 Å². The van der Waals surface area contributed by atoms with Crippen LogP contribution in [-0.4, -0.2) is 14.2 Å². The predicted molar refractivity (Wildman–Crippen MR) is 81.5 cm³/mol. The summed E-state index contributed by atoms with van der Waals surface area (Å²) in [6.45, 7) is 1.06. The van der Waals surface area contributed by atoms with E-state index in [1.54, 1.807) is 20.3 Å². The van der Waals surface area contributed by atoms with E-state index >= 15 is 0 Å². The second-order valence-corrected chi connectivity index (χ2v) is 4.92. The van der Waals surface area contributed by atoms with E-state index in [1.165, 1.54) is 12.1 Å². The molecule has 0 spiro atoms. The van der Waals surface area contributed by atoms with Crippen LogP contribution in [0.2, 0.25) is 5.02 Å². The Morgan fingerprint density at radius 3 is 2.48 bits per heavy atom. The zero-order chi connectivity index (χ0) is 15.2. The van der Waals surface area contributed by atoms with E-state index in [-0.39, 0.29) is 5.82 Å². The van der Waals surface area contributed by atoms with Gasteiger partial charge in [0.05, 0.1) is 14.2 Å². The van der Waals surface area contributed by atoms with Crippen LogP contribution in [0.4, 0.5) is 4.39 Å². The van der Waals surface area contributed by atoms with Gasteiger partial charge in [-0.05, 0) is 29.8 Å². The van der Waals surface area contributed by atoms with Gasteiger partial charge in [0.25, 0.3) is 0 Å². The van der Waals surface area contributed by atoms with Gasteiger partial charge in [-0.15, -0.1) is 0 Å². The van der Waals surface area contributed by atoms with Crippen LogP contribution in [0, 0.1) is 5.82 Å². The highest BCUT2D eigenvalue weighted by Crippen LogP contribution is 2.24. The summed E-state index contributed by atoms with van der Waals surface area (Å²) < 4.78 is 23.7. The van der Waals surface area contributed by atoms with Gasteiger partial charge in [-0.1, -0.05) is 17.7 Å². The minimum Gasteiger partial charge on any atom is -0.497 e. The molecule has 0 aliphatic rings. The molecule has 2 aromatic rings. The monoisotopic (exact) mass is 309 g/mol. The molecule has 1 N–H and O–H groups in total. The number of hydrogen-bond acceptors (Lipinski definition) is 3. The number of benzene rings is 2. The van der Waals surface area contributed by atoms with Crippen LogP contribution in [0.5, 0.6) is 11.5 Å². The number of methoxy groups -OCH3 is 2. The normalized spacial score (nSPS) is 10.5. The van der Waals surface area contributed by atoms with Crippen LogP contribution in [0.3, 0.4) is 0 Å². The molecule has 0 unspecified atom stereocenters. The van der Waals surface area contributed by atoms with Gasteiger partial charge >= 0.3 is 0 Å². The van der Waals surface area contributed by atoms with Gasteiger partial charge < -0.3 is 14.8 Å². The van der Waals surface area contributed by atoms with E-state index in [1.807, 2.05) is 18.2 Å². The molecule has 21 heavy (non-hydrogen) atoms. The van der Waals surface area contributed by atoms with Crippen molar-refractivity contribution in [2.45, 2.75) is 13.1 Å². The van der Waals surface area contributed by atoms with Gasteiger partial charge in [0, 0.05) is 29.7 Å². The van der Waals surface area contributed by atoms with Gasteiger partial charge in [-0.25, -0.2) is 4.39 Å². The van der Waals surface area contributed by atoms with E-state index in [2.05, 4.69) is 5.32 Å². The Labute approximate surface area is 128 Å². The molecule has 0 bridgehead atoms. The molecule has 0 aliphatic carbocycles. The molecule has 0 amide bonds. The average molecular weight is 310 g/mol. The topological polar surface area (TPSA) is 30.5 Å².